The molecule has 22 heavy (non-hydrogen) atoms. The van der Waals surface area contributed by atoms with Crippen LogP contribution in [-0.2, 0) is 4.74 Å². The number of morpholine rings is 1. The molecule has 1 N–H and O–H groups in total. The van der Waals surface area contributed by atoms with E-state index in [1.807, 2.05) is 13.0 Å². The van der Waals surface area contributed by atoms with E-state index in [1.165, 1.54) is 6.33 Å². The van der Waals surface area contributed by atoms with Crippen molar-refractivity contribution in [3.63, 3.8) is 0 Å². The second kappa shape index (κ2) is 6.89. The van der Waals surface area contributed by atoms with Crippen molar-refractivity contribution in [2.24, 2.45) is 0 Å². The minimum absolute atomic E-state index is 0.136. The standard InChI is InChI=1S/C16H21N3O3/c1-12-9-14-13(16(20)18-11-17-14)10-15(12)22-6-2-3-19-4-7-21-8-5-19/h9-11H,2-8H2,1H3,(H,17,18,20). The summed E-state index contributed by atoms with van der Waals surface area (Å²) in [7, 11) is 0. The van der Waals surface area contributed by atoms with Gasteiger partial charge in [-0.15, -0.1) is 0 Å². The molecule has 3 rings (SSSR count). The molecule has 118 valence electrons. The van der Waals surface area contributed by atoms with Gasteiger partial charge in [0.25, 0.3) is 5.56 Å². The van der Waals surface area contributed by atoms with Crippen LogP contribution in [-0.4, -0.2) is 54.3 Å². The van der Waals surface area contributed by atoms with Crippen LogP contribution in [0.3, 0.4) is 0 Å². The first-order valence-corrected chi connectivity index (χ1v) is 7.65. The van der Waals surface area contributed by atoms with Gasteiger partial charge in [-0.2, -0.15) is 0 Å². The van der Waals surface area contributed by atoms with Crippen molar-refractivity contribution in [1.82, 2.24) is 14.9 Å². The lowest BCUT2D eigenvalue weighted by Crippen LogP contribution is -2.37. The molecule has 0 amide bonds. The Labute approximate surface area is 129 Å². The van der Waals surface area contributed by atoms with E-state index in [4.69, 9.17) is 9.47 Å². The number of aryl methyl sites for hydroxylation is 1. The fourth-order valence-corrected chi connectivity index (χ4v) is 2.65. The summed E-state index contributed by atoms with van der Waals surface area (Å²) >= 11 is 0. The third-order valence-corrected chi connectivity index (χ3v) is 3.92. The number of nitrogens with zero attached hydrogens (tertiary/aromatic N) is 2. The Balaban J connectivity index is 1.60. The third-order valence-electron chi connectivity index (χ3n) is 3.92. The number of H-pyrrole nitrogens is 1. The number of fused-ring (bicyclic) bond motifs is 1. The van der Waals surface area contributed by atoms with E-state index in [2.05, 4.69) is 14.9 Å². The van der Waals surface area contributed by atoms with E-state index in [0.717, 1.165) is 50.6 Å². The molecular weight excluding hydrogens is 282 g/mol. The Morgan fingerprint density at radius 3 is 3.00 bits per heavy atom. The predicted molar refractivity (Wildman–Crippen MR) is 84.5 cm³/mol. The molecule has 2 heterocycles. The van der Waals surface area contributed by atoms with E-state index >= 15 is 0 Å². The van der Waals surface area contributed by atoms with Gasteiger partial charge >= 0.3 is 0 Å². The first-order valence-electron chi connectivity index (χ1n) is 7.65. The molecule has 6 nitrogen and oxygen atoms in total. The Morgan fingerprint density at radius 1 is 1.36 bits per heavy atom. The molecular formula is C16H21N3O3. The molecule has 1 fully saturated rings. The van der Waals surface area contributed by atoms with Gasteiger partial charge in [0.05, 0.1) is 37.1 Å². The van der Waals surface area contributed by atoms with Crippen LogP contribution in [0.1, 0.15) is 12.0 Å². The Bertz CT molecular complexity index is 693. The lowest BCUT2D eigenvalue weighted by Gasteiger charge is -2.26. The largest absolute Gasteiger partial charge is 0.493 e. The highest BCUT2D eigenvalue weighted by Gasteiger charge is 2.10. The summed E-state index contributed by atoms with van der Waals surface area (Å²) in [5.41, 5.74) is 1.56. The van der Waals surface area contributed by atoms with Gasteiger partial charge in [0.2, 0.25) is 0 Å². The van der Waals surface area contributed by atoms with E-state index in [1.54, 1.807) is 6.07 Å². The van der Waals surface area contributed by atoms with Gasteiger partial charge in [0.1, 0.15) is 5.75 Å². The van der Waals surface area contributed by atoms with Gasteiger partial charge in [-0.1, -0.05) is 0 Å². The zero-order valence-corrected chi connectivity index (χ0v) is 12.8. The van der Waals surface area contributed by atoms with Gasteiger partial charge in [-0.05, 0) is 31.0 Å². The van der Waals surface area contributed by atoms with E-state index in [0.29, 0.717) is 17.5 Å². The Kier molecular flexibility index (Phi) is 4.70. The van der Waals surface area contributed by atoms with Crippen LogP contribution in [0, 0.1) is 6.92 Å². The maximum absolute atomic E-state index is 11.8. The van der Waals surface area contributed by atoms with Crippen LogP contribution < -0.4 is 10.3 Å². The van der Waals surface area contributed by atoms with Crippen molar-refractivity contribution in [2.75, 3.05) is 39.5 Å². The quantitative estimate of drug-likeness (QED) is 0.844. The van der Waals surface area contributed by atoms with Crippen molar-refractivity contribution >= 4 is 10.9 Å². The van der Waals surface area contributed by atoms with Gasteiger partial charge in [-0.25, -0.2) is 4.98 Å². The molecule has 0 radical (unpaired) electrons. The van der Waals surface area contributed by atoms with Crippen molar-refractivity contribution < 1.29 is 9.47 Å². The van der Waals surface area contributed by atoms with Crippen molar-refractivity contribution in [3.05, 3.63) is 34.4 Å². The fourth-order valence-electron chi connectivity index (χ4n) is 2.65. The van der Waals surface area contributed by atoms with Crippen molar-refractivity contribution in [2.45, 2.75) is 13.3 Å². The molecule has 0 aliphatic carbocycles. The molecule has 1 aromatic carbocycles. The zero-order valence-electron chi connectivity index (χ0n) is 12.8. The molecule has 1 aliphatic heterocycles. The van der Waals surface area contributed by atoms with Crippen LogP contribution in [0.2, 0.25) is 0 Å². The van der Waals surface area contributed by atoms with E-state index in [-0.39, 0.29) is 5.56 Å². The maximum atomic E-state index is 11.8. The Hall–Kier alpha value is -1.92. The number of hydrogen-bond donors (Lipinski definition) is 1. The normalized spacial score (nSPS) is 16.0. The van der Waals surface area contributed by atoms with Crippen LogP contribution in [0.15, 0.2) is 23.3 Å². The summed E-state index contributed by atoms with van der Waals surface area (Å²) in [6.07, 6.45) is 2.38. The molecule has 0 saturated carbocycles. The first kappa shape index (κ1) is 15.0. The number of rotatable bonds is 5. The van der Waals surface area contributed by atoms with Gasteiger partial charge in [-0.3, -0.25) is 9.69 Å². The minimum Gasteiger partial charge on any atom is -0.493 e. The van der Waals surface area contributed by atoms with Crippen molar-refractivity contribution in [1.29, 1.82) is 0 Å². The Morgan fingerprint density at radius 2 is 2.18 bits per heavy atom. The molecule has 1 aliphatic rings. The van der Waals surface area contributed by atoms with Crippen LogP contribution in [0.5, 0.6) is 5.75 Å². The number of ether oxygens (including phenoxy) is 2. The first-order chi connectivity index (χ1) is 10.7. The summed E-state index contributed by atoms with van der Waals surface area (Å²) < 4.78 is 11.2. The topological polar surface area (TPSA) is 67.5 Å². The van der Waals surface area contributed by atoms with Crippen LogP contribution in [0.4, 0.5) is 0 Å². The van der Waals surface area contributed by atoms with E-state index < -0.39 is 0 Å². The molecule has 1 saturated heterocycles. The minimum atomic E-state index is -0.136. The summed E-state index contributed by atoms with van der Waals surface area (Å²) in [5, 5.41) is 0.566. The number of benzene rings is 1. The number of nitrogens with one attached hydrogen (secondary N) is 1. The summed E-state index contributed by atoms with van der Waals surface area (Å²) in [6, 6.07) is 3.67. The molecule has 1 aromatic heterocycles. The monoisotopic (exact) mass is 303 g/mol. The molecule has 0 unspecified atom stereocenters. The molecule has 0 atom stereocenters. The lowest BCUT2D eigenvalue weighted by atomic mass is 10.1. The zero-order chi connectivity index (χ0) is 15.4. The second-order valence-electron chi connectivity index (χ2n) is 5.52. The molecule has 0 bridgehead atoms. The van der Waals surface area contributed by atoms with Crippen molar-refractivity contribution in [3.8, 4) is 5.75 Å². The number of aromatic amines is 1. The molecule has 6 heteroatoms. The molecule has 2 aromatic rings. The van der Waals surface area contributed by atoms with Crippen LogP contribution in [0.25, 0.3) is 10.9 Å². The predicted octanol–water partition coefficient (Wildman–Crippen LogP) is 1.33. The SMILES string of the molecule is Cc1cc2nc[nH]c(=O)c2cc1OCCCN1CCOCC1. The highest BCUT2D eigenvalue weighted by Crippen LogP contribution is 2.22. The highest BCUT2D eigenvalue weighted by atomic mass is 16.5. The fraction of sp³-hybridized carbons (Fsp3) is 0.500. The second-order valence-corrected chi connectivity index (χ2v) is 5.52. The number of aromatic nitrogens is 2. The average Bonchev–Trinajstić information content (AvgIpc) is 2.53. The van der Waals surface area contributed by atoms with Gasteiger partial charge in [0.15, 0.2) is 0 Å². The summed E-state index contributed by atoms with van der Waals surface area (Å²) in [4.78, 5) is 21.0. The lowest BCUT2D eigenvalue weighted by molar-refractivity contribution is 0.0358. The summed E-state index contributed by atoms with van der Waals surface area (Å²) in [5.74, 6) is 0.757. The van der Waals surface area contributed by atoms with Crippen LogP contribution >= 0.6 is 0 Å². The maximum Gasteiger partial charge on any atom is 0.258 e. The van der Waals surface area contributed by atoms with Gasteiger partial charge < -0.3 is 14.5 Å². The average molecular weight is 303 g/mol. The van der Waals surface area contributed by atoms with Gasteiger partial charge in [0, 0.05) is 19.6 Å². The number of hydrogen-bond acceptors (Lipinski definition) is 5. The smallest absolute Gasteiger partial charge is 0.258 e. The third kappa shape index (κ3) is 3.45. The van der Waals surface area contributed by atoms with E-state index in [9.17, 15) is 4.79 Å². The summed E-state index contributed by atoms with van der Waals surface area (Å²) in [6.45, 7) is 7.26. The molecule has 0 spiro atoms. The highest BCUT2D eigenvalue weighted by molar-refractivity contribution is 5.80.